The molecule has 0 saturated heterocycles. The quantitative estimate of drug-likeness (QED) is 0.695. The highest BCUT2D eigenvalue weighted by atomic mass is 15.5. The number of nitrogens with one attached hydrogen (secondary N) is 1. The molecule has 0 bridgehead atoms. The van der Waals surface area contributed by atoms with E-state index in [1.54, 1.807) is 0 Å². The summed E-state index contributed by atoms with van der Waals surface area (Å²) in [7, 11) is 0. The van der Waals surface area contributed by atoms with E-state index in [2.05, 4.69) is 41.6 Å². The van der Waals surface area contributed by atoms with Gasteiger partial charge in [-0.05, 0) is 30.3 Å². The van der Waals surface area contributed by atoms with E-state index in [1.807, 2.05) is 4.68 Å². The zero-order valence-electron chi connectivity index (χ0n) is 9.90. The third-order valence-electron chi connectivity index (χ3n) is 2.43. The second-order valence-electron chi connectivity index (χ2n) is 3.75. The Morgan fingerprint density at radius 1 is 1.33 bits per heavy atom. The van der Waals surface area contributed by atoms with Crippen molar-refractivity contribution in [3.05, 3.63) is 5.82 Å². The number of hydrogen-bond donors (Lipinski definition) is 1. The van der Waals surface area contributed by atoms with Crippen LogP contribution in [0.15, 0.2) is 0 Å². The van der Waals surface area contributed by atoms with Crippen molar-refractivity contribution in [1.82, 2.24) is 25.5 Å². The molecule has 1 atom stereocenters. The third kappa shape index (κ3) is 3.58. The predicted octanol–water partition coefficient (Wildman–Crippen LogP) is 1.53. The summed E-state index contributed by atoms with van der Waals surface area (Å²) in [5.41, 5.74) is 0. The Hall–Kier alpha value is -0.970. The van der Waals surface area contributed by atoms with Crippen LogP contribution >= 0.6 is 0 Å². The minimum Gasteiger partial charge on any atom is -0.308 e. The number of nitrogens with zero attached hydrogens (tertiary/aromatic N) is 4. The van der Waals surface area contributed by atoms with Crippen molar-refractivity contribution in [2.75, 3.05) is 6.54 Å². The van der Waals surface area contributed by atoms with Crippen molar-refractivity contribution >= 4 is 0 Å². The fraction of sp³-hybridized carbons (Fsp3) is 0.900. The van der Waals surface area contributed by atoms with Crippen molar-refractivity contribution in [3.8, 4) is 0 Å². The molecule has 0 amide bonds. The van der Waals surface area contributed by atoms with Gasteiger partial charge in [-0.15, -0.1) is 5.10 Å². The van der Waals surface area contributed by atoms with Crippen LogP contribution in [0.5, 0.6) is 0 Å². The Labute approximate surface area is 91.2 Å². The van der Waals surface area contributed by atoms with Gasteiger partial charge in [0, 0.05) is 6.54 Å². The standard InChI is InChI=1S/C10H21N5/c1-4-6-7-8-15-10(12-13-14-15)9(3)11-5-2/h9,11H,4-8H2,1-3H3. The van der Waals surface area contributed by atoms with E-state index in [-0.39, 0.29) is 6.04 Å². The normalized spacial score (nSPS) is 13.0. The molecule has 5 heteroatoms. The fourth-order valence-electron chi connectivity index (χ4n) is 1.59. The average Bonchev–Trinajstić information content (AvgIpc) is 2.67. The van der Waals surface area contributed by atoms with Crippen LogP contribution in [0.3, 0.4) is 0 Å². The lowest BCUT2D eigenvalue weighted by molar-refractivity contribution is 0.475. The van der Waals surface area contributed by atoms with Crippen LogP contribution in [-0.2, 0) is 6.54 Å². The Kier molecular flexibility index (Phi) is 5.25. The molecule has 0 aliphatic heterocycles. The van der Waals surface area contributed by atoms with E-state index in [9.17, 15) is 0 Å². The maximum Gasteiger partial charge on any atom is 0.167 e. The highest BCUT2D eigenvalue weighted by molar-refractivity contribution is 4.89. The molecule has 5 nitrogen and oxygen atoms in total. The lowest BCUT2D eigenvalue weighted by Crippen LogP contribution is -2.22. The summed E-state index contributed by atoms with van der Waals surface area (Å²) in [4.78, 5) is 0. The van der Waals surface area contributed by atoms with Crippen LogP contribution in [0.1, 0.15) is 51.9 Å². The van der Waals surface area contributed by atoms with E-state index in [4.69, 9.17) is 0 Å². The SMILES string of the molecule is CCCCCn1nnnc1C(C)NCC. The van der Waals surface area contributed by atoms with Gasteiger partial charge in [-0.3, -0.25) is 0 Å². The molecule has 86 valence electrons. The molecule has 0 aliphatic rings. The molecule has 1 N–H and O–H groups in total. The van der Waals surface area contributed by atoms with Gasteiger partial charge in [-0.2, -0.15) is 0 Å². The van der Waals surface area contributed by atoms with Crippen LogP contribution in [-0.4, -0.2) is 26.8 Å². The molecule has 0 fully saturated rings. The molecule has 0 spiro atoms. The second-order valence-corrected chi connectivity index (χ2v) is 3.75. The van der Waals surface area contributed by atoms with Gasteiger partial charge in [-0.25, -0.2) is 4.68 Å². The Bertz CT molecular complexity index is 271. The fourth-order valence-corrected chi connectivity index (χ4v) is 1.59. The summed E-state index contributed by atoms with van der Waals surface area (Å²) in [6, 6.07) is 0.228. The summed E-state index contributed by atoms with van der Waals surface area (Å²) in [6.45, 7) is 8.23. The van der Waals surface area contributed by atoms with Gasteiger partial charge >= 0.3 is 0 Å². The van der Waals surface area contributed by atoms with Gasteiger partial charge in [0.2, 0.25) is 0 Å². The van der Waals surface area contributed by atoms with Crippen LogP contribution < -0.4 is 5.32 Å². The number of unbranched alkanes of at least 4 members (excludes halogenated alkanes) is 2. The monoisotopic (exact) mass is 211 g/mol. The minimum absolute atomic E-state index is 0.228. The molecule has 0 saturated carbocycles. The zero-order valence-corrected chi connectivity index (χ0v) is 9.90. The number of tetrazole rings is 1. The van der Waals surface area contributed by atoms with Crippen LogP contribution in [0.25, 0.3) is 0 Å². The summed E-state index contributed by atoms with van der Waals surface area (Å²) >= 11 is 0. The van der Waals surface area contributed by atoms with E-state index in [1.165, 1.54) is 12.8 Å². The maximum absolute atomic E-state index is 4.05. The van der Waals surface area contributed by atoms with Gasteiger partial charge in [0.1, 0.15) is 0 Å². The molecular formula is C10H21N5. The largest absolute Gasteiger partial charge is 0.308 e. The highest BCUT2D eigenvalue weighted by Crippen LogP contribution is 2.08. The van der Waals surface area contributed by atoms with E-state index >= 15 is 0 Å². The van der Waals surface area contributed by atoms with Crippen molar-refractivity contribution in [2.45, 2.75) is 52.6 Å². The molecular weight excluding hydrogens is 190 g/mol. The first kappa shape index (κ1) is 12.1. The van der Waals surface area contributed by atoms with Gasteiger partial charge in [0.05, 0.1) is 6.04 Å². The lowest BCUT2D eigenvalue weighted by atomic mass is 10.2. The number of hydrogen-bond acceptors (Lipinski definition) is 4. The first-order chi connectivity index (χ1) is 7.29. The summed E-state index contributed by atoms with van der Waals surface area (Å²) in [5, 5.41) is 15.1. The van der Waals surface area contributed by atoms with Gasteiger partial charge in [-0.1, -0.05) is 26.7 Å². The molecule has 1 unspecified atom stereocenters. The number of aromatic nitrogens is 4. The van der Waals surface area contributed by atoms with E-state index in [0.29, 0.717) is 0 Å². The zero-order chi connectivity index (χ0) is 11.1. The van der Waals surface area contributed by atoms with Crippen molar-refractivity contribution in [2.24, 2.45) is 0 Å². The molecule has 1 rings (SSSR count). The third-order valence-corrected chi connectivity index (χ3v) is 2.43. The average molecular weight is 211 g/mol. The first-order valence-electron chi connectivity index (χ1n) is 5.79. The molecule has 0 aromatic carbocycles. The highest BCUT2D eigenvalue weighted by Gasteiger charge is 2.12. The molecule has 1 heterocycles. The van der Waals surface area contributed by atoms with E-state index in [0.717, 1.165) is 25.3 Å². The Balaban J connectivity index is 2.52. The Morgan fingerprint density at radius 3 is 2.80 bits per heavy atom. The summed E-state index contributed by atoms with van der Waals surface area (Å²) < 4.78 is 1.91. The summed E-state index contributed by atoms with van der Waals surface area (Å²) in [5.74, 6) is 0.938. The predicted molar refractivity (Wildman–Crippen MR) is 59.4 cm³/mol. The van der Waals surface area contributed by atoms with Crippen LogP contribution in [0, 0.1) is 0 Å². The van der Waals surface area contributed by atoms with Crippen LogP contribution in [0.4, 0.5) is 0 Å². The summed E-state index contributed by atoms with van der Waals surface area (Å²) in [6.07, 6.45) is 3.60. The second kappa shape index (κ2) is 6.50. The van der Waals surface area contributed by atoms with Crippen LogP contribution in [0.2, 0.25) is 0 Å². The van der Waals surface area contributed by atoms with E-state index < -0.39 is 0 Å². The molecule has 1 aromatic rings. The van der Waals surface area contributed by atoms with Gasteiger partial charge in [0.15, 0.2) is 5.82 Å². The van der Waals surface area contributed by atoms with Crippen molar-refractivity contribution in [1.29, 1.82) is 0 Å². The van der Waals surface area contributed by atoms with Gasteiger partial charge in [0.25, 0.3) is 0 Å². The van der Waals surface area contributed by atoms with Crippen molar-refractivity contribution in [3.63, 3.8) is 0 Å². The molecule has 15 heavy (non-hydrogen) atoms. The van der Waals surface area contributed by atoms with Gasteiger partial charge < -0.3 is 5.32 Å². The lowest BCUT2D eigenvalue weighted by Gasteiger charge is -2.11. The molecule has 0 radical (unpaired) electrons. The number of rotatable bonds is 7. The molecule has 0 aliphatic carbocycles. The maximum atomic E-state index is 4.05. The van der Waals surface area contributed by atoms with Crippen molar-refractivity contribution < 1.29 is 0 Å². The minimum atomic E-state index is 0.228. The smallest absolute Gasteiger partial charge is 0.167 e. The topological polar surface area (TPSA) is 55.6 Å². The first-order valence-corrected chi connectivity index (χ1v) is 5.79. The Morgan fingerprint density at radius 2 is 2.13 bits per heavy atom. The molecule has 1 aromatic heterocycles. The number of aryl methyl sites for hydroxylation is 1.